The zero-order valence-electron chi connectivity index (χ0n) is 14.9. The lowest BCUT2D eigenvalue weighted by Gasteiger charge is -2.17. The largest absolute Gasteiger partial charge is 0.354 e. The molecule has 3 rings (SSSR count). The summed E-state index contributed by atoms with van der Waals surface area (Å²) in [5, 5.41) is 13.5. The Hall–Kier alpha value is -2.09. The lowest BCUT2D eigenvalue weighted by Crippen LogP contribution is -2.39. The van der Waals surface area contributed by atoms with E-state index < -0.39 is 0 Å². The summed E-state index contributed by atoms with van der Waals surface area (Å²) in [4.78, 5) is 24.6. The van der Waals surface area contributed by atoms with Crippen molar-refractivity contribution in [3.05, 3.63) is 52.8 Å². The Bertz CT molecular complexity index is 796. The van der Waals surface area contributed by atoms with Crippen molar-refractivity contribution in [3.8, 4) is 0 Å². The smallest absolute Gasteiger partial charge is 0.252 e. The molecule has 1 aromatic carbocycles. The number of aromatic nitrogens is 2. The van der Waals surface area contributed by atoms with Gasteiger partial charge in [0.1, 0.15) is 0 Å². The van der Waals surface area contributed by atoms with Gasteiger partial charge in [0, 0.05) is 45.3 Å². The van der Waals surface area contributed by atoms with Crippen LogP contribution in [0.4, 0.5) is 0 Å². The Morgan fingerprint density at radius 3 is 2.70 bits per heavy atom. The van der Waals surface area contributed by atoms with Gasteiger partial charge in [-0.15, -0.1) is 12.4 Å². The van der Waals surface area contributed by atoms with Crippen LogP contribution in [0.15, 0.2) is 36.7 Å². The van der Waals surface area contributed by atoms with Gasteiger partial charge in [-0.1, -0.05) is 23.7 Å². The average Bonchev–Trinajstić information content (AvgIpc) is 3.27. The van der Waals surface area contributed by atoms with Gasteiger partial charge in [0.2, 0.25) is 5.91 Å². The maximum atomic E-state index is 12.5. The van der Waals surface area contributed by atoms with Crippen LogP contribution in [0.1, 0.15) is 21.8 Å². The second-order valence-corrected chi connectivity index (χ2v) is 6.75. The minimum absolute atomic E-state index is 0. The maximum absolute atomic E-state index is 12.5. The number of carbonyl (C=O) groups excluding carboxylic acids is 2. The highest BCUT2D eigenvalue weighted by molar-refractivity contribution is 6.33. The molecule has 0 unspecified atom stereocenters. The van der Waals surface area contributed by atoms with Crippen molar-refractivity contribution in [2.45, 2.75) is 5.92 Å². The molecule has 1 aromatic heterocycles. The topological polar surface area (TPSA) is 88.0 Å². The minimum Gasteiger partial charge on any atom is -0.354 e. The number of rotatable bonds is 6. The van der Waals surface area contributed by atoms with Crippen LogP contribution >= 0.6 is 24.0 Å². The molecule has 2 atom stereocenters. The van der Waals surface area contributed by atoms with E-state index in [0.717, 1.165) is 12.1 Å². The van der Waals surface area contributed by atoms with Gasteiger partial charge in [0.15, 0.2) is 0 Å². The summed E-state index contributed by atoms with van der Waals surface area (Å²) in [5.41, 5.74) is 1.49. The molecule has 9 heteroatoms. The number of hydrogen-bond acceptors (Lipinski definition) is 4. The molecular formula is C18H23Cl2N5O2. The van der Waals surface area contributed by atoms with Crippen LogP contribution in [0, 0.1) is 5.92 Å². The van der Waals surface area contributed by atoms with Crippen molar-refractivity contribution in [3.63, 3.8) is 0 Å². The number of benzene rings is 1. The first-order chi connectivity index (χ1) is 12.6. The molecule has 1 aliphatic heterocycles. The molecule has 2 aromatic rings. The van der Waals surface area contributed by atoms with Gasteiger partial charge in [-0.3, -0.25) is 14.3 Å². The highest BCUT2D eigenvalue weighted by Crippen LogP contribution is 2.27. The summed E-state index contributed by atoms with van der Waals surface area (Å²) >= 11 is 6.00. The molecule has 1 fully saturated rings. The monoisotopic (exact) mass is 411 g/mol. The molecule has 146 valence electrons. The maximum Gasteiger partial charge on any atom is 0.252 e. The number of aryl methyl sites for hydroxylation is 1. The number of nitrogens with zero attached hydrogens (tertiary/aromatic N) is 2. The Kier molecular flexibility index (Phi) is 7.65. The predicted octanol–water partition coefficient (Wildman–Crippen LogP) is 1.34. The van der Waals surface area contributed by atoms with Crippen molar-refractivity contribution in [2.75, 3.05) is 26.2 Å². The third-order valence-electron chi connectivity index (χ3n) is 4.53. The van der Waals surface area contributed by atoms with Gasteiger partial charge in [0.05, 0.1) is 22.7 Å². The van der Waals surface area contributed by atoms with Gasteiger partial charge in [0.25, 0.3) is 5.91 Å². The van der Waals surface area contributed by atoms with E-state index in [-0.39, 0.29) is 36.1 Å². The molecule has 7 nitrogen and oxygen atoms in total. The van der Waals surface area contributed by atoms with E-state index in [0.29, 0.717) is 30.2 Å². The van der Waals surface area contributed by atoms with Gasteiger partial charge in [-0.25, -0.2) is 0 Å². The average molecular weight is 412 g/mol. The SMILES string of the molecule is Cl.Cn1cc([C@H]2CNC[C@@H]2C(=O)NCCNC(=O)c2ccccc2Cl)cn1. The van der Waals surface area contributed by atoms with Crippen molar-refractivity contribution < 1.29 is 9.59 Å². The third-order valence-corrected chi connectivity index (χ3v) is 4.86. The first kappa shape index (κ1) is 21.2. The van der Waals surface area contributed by atoms with Gasteiger partial charge < -0.3 is 16.0 Å². The molecule has 0 bridgehead atoms. The van der Waals surface area contributed by atoms with E-state index in [1.165, 1.54) is 0 Å². The van der Waals surface area contributed by atoms with Crippen LogP contribution in [0.3, 0.4) is 0 Å². The molecule has 1 aliphatic rings. The number of halogens is 2. The molecular weight excluding hydrogens is 389 g/mol. The summed E-state index contributed by atoms with van der Waals surface area (Å²) in [6.45, 7) is 2.10. The zero-order chi connectivity index (χ0) is 18.5. The third kappa shape index (κ3) is 5.22. The fourth-order valence-corrected chi connectivity index (χ4v) is 3.39. The van der Waals surface area contributed by atoms with Crippen molar-refractivity contribution in [1.82, 2.24) is 25.7 Å². The summed E-state index contributed by atoms with van der Waals surface area (Å²) in [5.74, 6) is -0.295. The van der Waals surface area contributed by atoms with Crippen molar-refractivity contribution >= 4 is 35.8 Å². The predicted molar refractivity (Wildman–Crippen MR) is 106 cm³/mol. The number of carbonyl (C=O) groups is 2. The number of nitrogens with one attached hydrogen (secondary N) is 3. The Balaban J connectivity index is 0.00000261. The van der Waals surface area contributed by atoms with E-state index in [4.69, 9.17) is 11.6 Å². The fraction of sp³-hybridized carbons (Fsp3) is 0.389. The van der Waals surface area contributed by atoms with Crippen LogP contribution in [0.5, 0.6) is 0 Å². The Labute approximate surface area is 169 Å². The van der Waals surface area contributed by atoms with E-state index >= 15 is 0 Å². The fourth-order valence-electron chi connectivity index (χ4n) is 3.17. The van der Waals surface area contributed by atoms with Crippen molar-refractivity contribution in [1.29, 1.82) is 0 Å². The van der Waals surface area contributed by atoms with Crippen LogP contribution in [0.2, 0.25) is 5.02 Å². The summed E-state index contributed by atoms with van der Waals surface area (Å²) < 4.78 is 1.74. The lowest BCUT2D eigenvalue weighted by atomic mass is 9.90. The number of hydrogen-bond donors (Lipinski definition) is 3. The molecule has 3 N–H and O–H groups in total. The lowest BCUT2D eigenvalue weighted by molar-refractivity contribution is -0.124. The van der Waals surface area contributed by atoms with Crippen molar-refractivity contribution in [2.24, 2.45) is 13.0 Å². The molecule has 0 spiro atoms. The van der Waals surface area contributed by atoms with Crippen LogP contribution in [-0.2, 0) is 11.8 Å². The van der Waals surface area contributed by atoms with Gasteiger partial charge in [-0.05, 0) is 17.7 Å². The highest BCUT2D eigenvalue weighted by Gasteiger charge is 2.34. The first-order valence-electron chi connectivity index (χ1n) is 8.56. The standard InChI is InChI=1S/C18H22ClN5O2.ClH/c1-24-11-12(8-23-24)14-9-20-10-15(14)18(26)22-7-6-21-17(25)13-4-2-3-5-16(13)19;/h2-5,8,11,14-15,20H,6-7,9-10H2,1H3,(H,21,25)(H,22,26);1H/t14-,15+;/m1./s1. The van der Waals surface area contributed by atoms with Crippen LogP contribution in [-0.4, -0.2) is 47.8 Å². The zero-order valence-corrected chi connectivity index (χ0v) is 16.5. The first-order valence-corrected chi connectivity index (χ1v) is 8.93. The summed E-state index contributed by atoms with van der Waals surface area (Å²) in [6.07, 6.45) is 3.75. The molecule has 27 heavy (non-hydrogen) atoms. The van der Waals surface area contributed by atoms with E-state index in [1.54, 1.807) is 28.9 Å². The minimum atomic E-state index is -0.249. The normalized spacial score (nSPS) is 18.6. The van der Waals surface area contributed by atoms with E-state index in [1.807, 2.05) is 19.4 Å². The molecule has 2 heterocycles. The van der Waals surface area contributed by atoms with Gasteiger partial charge in [-0.2, -0.15) is 5.10 Å². The molecule has 2 amide bonds. The van der Waals surface area contributed by atoms with E-state index in [2.05, 4.69) is 21.0 Å². The molecule has 0 aliphatic carbocycles. The molecule has 1 saturated heterocycles. The molecule has 0 saturated carbocycles. The summed E-state index contributed by atoms with van der Waals surface area (Å²) in [6, 6.07) is 6.87. The summed E-state index contributed by atoms with van der Waals surface area (Å²) in [7, 11) is 1.86. The highest BCUT2D eigenvalue weighted by atomic mass is 35.5. The van der Waals surface area contributed by atoms with Crippen LogP contribution in [0.25, 0.3) is 0 Å². The Morgan fingerprint density at radius 2 is 2.00 bits per heavy atom. The van der Waals surface area contributed by atoms with Gasteiger partial charge >= 0.3 is 0 Å². The van der Waals surface area contributed by atoms with E-state index in [9.17, 15) is 9.59 Å². The Morgan fingerprint density at radius 1 is 1.26 bits per heavy atom. The molecule has 0 radical (unpaired) electrons. The second-order valence-electron chi connectivity index (χ2n) is 6.35. The second kappa shape index (κ2) is 9.73. The van der Waals surface area contributed by atoms with Crippen LogP contribution < -0.4 is 16.0 Å². The number of amides is 2. The quantitative estimate of drug-likeness (QED) is 0.625.